The normalized spacial score (nSPS) is 26.4. The van der Waals surface area contributed by atoms with E-state index in [0.29, 0.717) is 19.1 Å². The summed E-state index contributed by atoms with van der Waals surface area (Å²) in [6, 6.07) is 0.175. The Hall–Kier alpha value is -0.650. The van der Waals surface area contributed by atoms with Gasteiger partial charge in [-0.15, -0.1) is 0 Å². The first-order valence-corrected chi connectivity index (χ1v) is 7.75. The van der Waals surface area contributed by atoms with Crippen LogP contribution in [0.4, 0.5) is 0 Å². The molecule has 3 N–H and O–H groups in total. The number of carbonyl (C=O) groups is 1. The summed E-state index contributed by atoms with van der Waals surface area (Å²) in [4.78, 5) is 12.0. The van der Waals surface area contributed by atoms with Crippen molar-refractivity contribution >= 4 is 5.91 Å². The van der Waals surface area contributed by atoms with Crippen LogP contribution in [0.15, 0.2) is 0 Å². The molecular weight excluding hydrogens is 256 g/mol. The molecule has 5 nitrogen and oxygen atoms in total. The number of rotatable bonds is 9. The Balaban J connectivity index is 2.00. The molecule has 0 aromatic carbocycles. The average Bonchev–Trinajstić information content (AvgIpc) is 2.44. The molecule has 0 heterocycles. The number of nitrogens with two attached hydrogens (primary N) is 1. The van der Waals surface area contributed by atoms with Crippen LogP contribution >= 0.6 is 0 Å². The molecule has 20 heavy (non-hydrogen) atoms. The van der Waals surface area contributed by atoms with Gasteiger partial charge < -0.3 is 20.5 Å². The fourth-order valence-electron chi connectivity index (χ4n) is 2.52. The Morgan fingerprint density at radius 1 is 1.25 bits per heavy atom. The Kier molecular flexibility index (Phi) is 8.82. The first-order chi connectivity index (χ1) is 9.65. The zero-order valence-electron chi connectivity index (χ0n) is 12.9. The van der Waals surface area contributed by atoms with Gasteiger partial charge in [0.25, 0.3) is 0 Å². The van der Waals surface area contributed by atoms with Gasteiger partial charge in [-0.25, -0.2) is 0 Å². The van der Waals surface area contributed by atoms with Crippen molar-refractivity contribution in [1.29, 1.82) is 0 Å². The van der Waals surface area contributed by atoms with Gasteiger partial charge in [0.1, 0.15) is 0 Å². The summed E-state index contributed by atoms with van der Waals surface area (Å²) in [6.45, 7) is 4.90. The molecular formula is C15H30N2O3. The maximum absolute atomic E-state index is 12.0. The van der Waals surface area contributed by atoms with Gasteiger partial charge >= 0.3 is 0 Å². The van der Waals surface area contributed by atoms with E-state index < -0.39 is 0 Å². The molecule has 1 aliphatic carbocycles. The standard InChI is InChI=1S/C15H30N2O3/c1-12-5-6-13(11-14(12)16)15(18)17-7-3-4-8-20-10-9-19-2/h12-14H,3-11,16H2,1-2H3,(H,17,18). The van der Waals surface area contributed by atoms with Gasteiger partial charge in [0.2, 0.25) is 5.91 Å². The van der Waals surface area contributed by atoms with E-state index in [4.69, 9.17) is 15.2 Å². The highest BCUT2D eigenvalue weighted by molar-refractivity contribution is 5.78. The Bertz CT molecular complexity index is 274. The lowest BCUT2D eigenvalue weighted by Gasteiger charge is -2.31. The largest absolute Gasteiger partial charge is 0.382 e. The molecule has 1 amide bonds. The minimum Gasteiger partial charge on any atom is -0.382 e. The highest BCUT2D eigenvalue weighted by atomic mass is 16.5. The number of methoxy groups -OCH3 is 1. The van der Waals surface area contributed by atoms with Crippen molar-refractivity contribution in [1.82, 2.24) is 5.32 Å². The van der Waals surface area contributed by atoms with Gasteiger partial charge in [0.05, 0.1) is 13.2 Å². The smallest absolute Gasteiger partial charge is 0.223 e. The zero-order valence-corrected chi connectivity index (χ0v) is 12.9. The van der Waals surface area contributed by atoms with Crippen LogP contribution in [-0.4, -0.2) is 45.4 Å². The molecule has 1 fully saturated rings. The zero-order chi connectivity index (χ0) is 14.8. The fourth-order valence-corrected chi connectivity index (χ4v) is 2.52. The lowest BCUT2D eigenvalue weighted by molar-refractivity contribution is -0.126. The summed E-state index contributed by atoms with van der Waals surface area (Å²) in [5.74, 6) is 0.829. The molecule has 1 aliphatic rings. The SMILES string of the molecule is COCCOCCCCNC(=O)C1CCC(C)C(N)C1. The lowest BCUT2D eigenvalue weighted by atomic mass is 9.79. The van der Waals surface area contributed by atoms with Gasteiger partial charge in [-0.05, 0) is 38.0 Å². The van der Waals surface area contributed by atoms with Crippen molar-refractivity contribution < 1.29 is 14.3 Å². The number of hydrogen-bond acceptors (Lipinski definition) is 4. The van der Waals surface area contributed by atoms with Crippen LogP contribution in [0, 0.1) is 11.8 Å². The van der Waals surface area contributed by atoms with Gasteiger partial charge in [-0.1, -0.05) is 6.92 Å². The fraction of sp³-hybridized carbons (Fsp3) is 0.933. The molecule has 0 aliphatic heterocycles. The topological polar surface area (TPSA) is 73.6 Å². The van der Waals surface area contributed by atoms with E-state index >= 15 is 0 Å². The molecule has 0 radical (unpaired) electrons. The average molecular weight is 286 g/mol. The number of amides is 1. The highest BCUT2D eigenvalue weighted by Gasteiger charge is 2.29. The van der Waals surface area contributed by atoms with E-state index in [-0.39, 0.29) is 17.9 Å². The number of ether oxygens (including phenoxy) is 2. The Labute approximate surface area is 122 Å². The van der Waals surface area contributed by atoms with Gasteiger partial charge in [-0.2, -0.15) is 0 Å². The summed E-state index contributed by atoms with van der Waals surface area (Å²) < 4.78 is 10.3. The quantitative estimate of drug-likeness (QED) is 0.627. The second-order valence-electron chi connectivity index (χ2n) is 5.75. The van der Waals surface area contributed by atoms with Crippen LogP contribution in [0.25, 0.3) is 0 Å². The predicted molar refractivity (Wildman–Crippen MR) is 79.4 cm³/mol. The van der Waals surface area contributed by atoms with Crippen LogP contribution in [-0.2, 0) is 14.3 Å². The molecule has 0 aromatic rings. The van der Waals surface area contributed by atoms with Crippen molar-refractivity contribution in [3.8, 4) is 0 Å². The molecule has 3 atom stereocenters. The Morgan fingerprint density at radius 2 is 2.05 bits per heavy atom. The molecule has 1 rings (SSSR count). The maximum Gasteiger partial charge on any atom is 0.223 e. The first kappa shape index (κ1) is 17.4. The summed E-state index contributed by atoms with van der Waals surface area (Å²) >= 11 is 0. The van der Waals surface area contributed by atoms with Crippen molar-refractivity contribution in [2.75, 3.05) is 33.5 Å². The second kappa shape index (κ2) is 10.1. The minimum atomic E-state index is 0.110. The van der Waals surface area contributed by atoms with Crippen LogP contribution in [0.3, 0.4) is 0 Å². The summed E-state index contributed by atoms with van der Waals surface area (Å²) in [7, 11) is 1.66. The maximum atomic E-state index is 12.0. The van der Waals surface area contributed by atoms with Crippen molar-refractivity contribution in [2.24, 2.45) is 17.6 Å². The minimum absolute atomic E-state index is 0.110. The third kappa shape index (κ3) is 6.68. The van der Waals surface area contributed by atoms with E-state index in [2.05, 4.69) is 12.2 Å². The number of hydrogen-bond donors (Lipinski definition) is 2. The van der Waals surface area contributed by atoms with Crippen molar-refractivity contribution in [3.63, 3.8) is 0 Å². The molecule has 0 spiro atoms. The Morgan fingerprint density at radius 3 is 2.75 bits per heavy atom. The lowest BCUT2D eigenvalue weighted by Crippen LogP contribution is -2.41. The predicted octanol–water partition coefficient (Wildman–Crippen LogP) is 1.31. The summed E-state index contributed by atoms with van der Waals surface area (Å²) in [5, 5.41) is 3.02. The molecule has 3 unspecified atom stereocenters. The van der Waals surface area contributed by atoms with Crippen LogP contribution in [0.5, 0.6) is 0 Å². The van der Waals surface area contributed by atoms with E-state index in [1.54, 1.807) is 7.11 Å². The monoisotopic (exact) mass is 286 g/mol. The van der Waals surface area contributed by atoms with E-state index in [9.17, 15) is 4.79 Å². The van der Waals surface area contributed by atoms with Crippen LogP contribution < -0.4 is 11.1 Å². The molecule has 0 aromatic heterocycles. The number of nitrogens with one attached hydrogen (secondary N) is 1. The van der Waals surface area contributed by atoms with Gasteiger partial charge in [0, 0.05) is 32.2 Å². The summed E-state index contributed by atoms with van der Waals surface area (Å²) in [5.41, 5.74) is 6.03. The van der Waals surface area contributed by atoms with E-state index in [0.717, 1.165) is 45.3 Å². The first-order valence-electron chi connectivity index (χ1n) is 7.75. The van der Waals surface area contributed by atoms with Crippen molar-refractivity contribution in [2.45, 2.75) is 45.1 Å². The van der Waals surface area contributed by atoms with Gasteiger partial charge in [-0.3, -0.25) is 4.79 Å². The van der Waals surface area contributed by atoms with Crippen molar-refractivity contribution in [3.05, 3.63) is 0 Å². The highest BCUT2D eigenvalue weighted by Crippen LogP contribution is 2.27. The van der Waals surface area contributed by atoms with Crippen LogP contribution in [0.1, 0.15) is 39.0 Å². The third-order valence-electron chi connectivity index (χ3n) is 4.08. The van der Waals surface area contributed by atoms with Gasteiger partial charge in [0.15, 0.2) is 0 Å². The summed E-state index contributed by atoms with van der Waals surface area (Å²) in [6.07, 6.45) is 4.78. The van der Waals surface area contributed by atoms with Crippen LogP contribution in [0.2, 0.25) is 0 Å². The molecule has 5 heteroatoms. The second-order valence-corrected chi connectivity index (χ2v) is 5.75. The van der Waals surface area contributed by atoms with E-state index in [1.165, 1.54) is 0 Å². The number of unbranched alkanes of at least 4 members (excludes halogenated alkanes) is 1. The molecule has 0 bridgehead atoms. The molecule has 1 saturated carbocycles. The number of carbonyl (C=O) groups excluding carboxylic acids is 1. The molecule has 0 saturated heterocycles. The molecule has 118 valence electrons. The third-order valence-corrected chi connectivity index (χ3v) is 4.08. The van der Waals surface area contributed by atoms with E-state index in [1.807, 2.05) is 0 Å².